The van der Waals surface area contributed by atoms with E-state index in [1.165, 1.54) is 7.11 Å². The molecular weight excluding hydrogens is 468 g/mol. The second-order valence-corrected chi connectivity index (χ2v) is 8.57. The summed E-state index contributed by atoms with van der Waals surface area (Å²) in [6.07, 6.45) is -3.51. The predicted molar refractivity (Wildman–Crippen MR) is 126 cm³/mol. The molecule has 35 heavy (non-hydrogen) atoms. The summed E-state index contributed by atoms with van der Waals surface area (Å²) in [6, 6.07) is 0. The lowest BCUT2D eigenvalue weighted by Gasteiger charge is -2.26. The molecule has 0 fully saturated rings. The molecule has 212 valence electrons. The Morgan fingerprint density at radius 3 is 1.89 bits per heavy atom. The molecule has 0 aliphatic heterocycles. The van der Waals surface area contributed by atoms with Crippen molar-refractivity contribution >= 4 is 0 Å². The topological polar surface area (TPSA) is 166 Å². The lowest BCUT2D eigenvalue weighted by atomic mass is 10.2. The van der Waals surface area contributed by atoms with Crippen LogP contribution in [0.2, 0.25) is 0 Å². The average molecular weight is 517 g/mol. The highest BCUT2D eigenvalue weighted by atomic mass is 16.7. The van der Waals surface area contributed by atoms with Gasteiger partial charge in [0, 0.05) is 13.0 Å². The van der Waals surface area contributed by atoms with Crippen LogP contribution in [0.5, 0.6) is 0 Å². The Morgan fingerprint density at radius 1 is 0.629 bits per heavy atom. The van der Waals surface area contributed by atoms with Gasteiger partial charge in [-0.25, -0.2) is 0 Å². The molecule has 0 aromatic rings. The first kappa shape index (κ1) is 34.5. The van der Waals surface area contributed by atoms with Crippen LogP contribution in [0.25, 0.3) is 0 Å². The molecule has 0 heterocycles. The Hall–Kier alpha value is -0.480. The minimum absolute atomic E-state index is 0.0113. The van der Waals surface area contributed by atoms with Crippen molar-refractivity contribution in [1.29, 1.82) is 0 Å². The summed E-state index contributed by atoms with van der Waals surface area (Å²) < 4.78 is 38.7. The van der Waals surface area contributed by atoms with E-state index in [9.17, 15) is 20.4 Å². The first-order valence-corrected chi connectivity index (χ1v) is 12.1. The third-order valence-electron chi connectivity index (χ3n) is 4.66. The molecule has 0 aliphatic carbocycles. The van der Waals surface area contributed by atoms with Crippen LogP contribution in [-0.2, 0) is 33.2 Å². The van der Waals surface area contributed by atoms with Crippen LogP contribution in [0.3, 0.4) is 0 Å². The van der Waals surface area contributed by atoms with Crippen molar-refractivity contribution in [3.05, 3.63) is 0 Å². The Labute approximate surface area is 209 Å². The Bertz CT molecular complexity index is 458. The normalized spacial score (nSPS) is 18.1. The van der Waals surface area contributed by atoms with Gasteiger partial charge in [-0.15, -0.1) is 0 Å². The summed E-state index contributed by atoms with van der Waals surface area (Å²) in [5.41, 5.74) is 0. The van der Waals surface area contributed by atoms with Gasteiger partial charge in [0.2, 0.25) is 0 Å². The van der Waals surface area contributed by atoms with Gasteiger partial charge in [0.1, 0.15) is 18.3 Å². The molecule has 5 N–H and O–H groups in total. The third-order valence-corrected chi connectivity index (χ3v) is 4.66. The van der Waals surface area contributed by atoms with Gasteiger partial charge in [-0.3, -0.25) is 0 Å². The summed E-state index contributed by atoms with van der Waals surface area (Å²) in [5, 5.41) is 47.0. The van der Waals surface area contributed by atoms with E-state index in [-0.39, 0.29) is 65.4 Å². The van der Waals surface area contributed by atoms with Crippen LogP contribution >= 0.6 is 0 Å². The zero-order valence-corrected chi connectivity index (χ0v) is 21.6. The van der Waals surface area contributed by atoms with E-state index >= 15 is 0 Å². The monoisotopic (exact) mass is 516 g/mol. The van der Waals surface area contributed by atoms with Gasteiger partial charge in [0.25, 0.3) is 0 Å². The van der Waals surface area contributed by atoms with Gasteiger partial charge in [0.05, 0.1) is 84.9 Å². The molecule has 0 rings (SSSR count). The van der Waals surface area contributed by atoms with Gasteiger partial charge in [0.15, 0.2) is 6.29 Å². The lowest BCUT2D eigenvalue weighted by molar-refractivity contribution is -0.216. The highest BCUT2D eigenvalue weighted by Gasteiger charge is 2.20. The second-order valence-electron chi connectivity index (χ2n) is 8.57. The van der Waals surface area contributed by atoms with Gasteiger partial charge < -0.3 is 58.7 Å². The molecule has 0 amide bonds. The van der Waals surface area contributed by atoms with E-state index in [0.717, 1.165) is 0 Å². The Morgan fingerprint density at radius 2 is 1.26 bits per heavy atom. The van der Waals surface area contributed by atoms with Crippen molar-refractivity contribution in [3.63, 3.8) is 0 Å². The molecule has 12 heteroatoms. The van der Waals surface area contributed by atoms with E-state index in [1.807, 2.05) is 13.8 Å². The first-order chi connectivity index (χ1) is 16.7. The van der Waals surface area contributed by atoms with E-state index in [4.69, 9.17) is 38.3 Å². The van der Waals surface area contributed by atoms with Crippen LogP contribution in [0, 0.1) is 5.92 Å². The highest BCUT2D eigenvalue weighted by Crippen LogP contribution is 2.08. The van der Waals surface area contributed by atoms with Crippen LogP contribution in [0.4, 0.5) is 0 Å². The number of aliphatic hydroxyl groups is 5. The number of hydrogen-bond donors (Lipinski definition) is 5. The van der Waals surface area contributed by atoms with Crippen molar-refractivity contribution in [2.24, 2.45) is 5.92 Å². The van der Waals surface area contributed by atoms with Crippen molar-refractivity contribution in [2.45, 2.75) is 64.0 Å². The highest BCUT2D eigenvalue weighted by molar-refractivity contribution is 4.62. The third kappa shape index (κ3) is 20.3. The minimum Gasteiger partial charge on any atom is -0.394 e. The summed E-state index contributed by atoms with van der Waals surface area (Å²) in [6.45, 7) is 6.17. The minimum atomic E-state index is -0.921. The number of ether oxygens (including phenoxy) is 7. The molecule has 0 saturated heterocycles. The largest absolute Gasteiger partial charge is 0.394 e. The predicted octanol–water partition coefficient (Wildman–Crippen LogP) is -1.07. The smallest absolute Gasteiger partial charge is 0.181 e. The fraction of sp³-hybridized carbons (Fsp3) is 1.00. The summed E-state index contributed by atoms with van der Waals surface area (Å²) in [5.74, 6) is -0.0113. The van der Waals surface area contributed by atoms with Gasteiger partial charge >= 0.3 is 0 Å². The van der Waals surface area contributed by atoms with Gasteiger partial charge in [-0.05, 0) is 13.3 Å². The molecule has 0 aliphatic rings. The first-order valence-electron chi connectivity index (χ1n) is 12.1. The molecule has 7 atom stereocenters. The molecule has 0 bridgehead atoms. The van der Waals surface area contributed by atoms with Crippen LogP contribution < -0.4 is 0 Å². The molecule has 0 saturated carbocycles. The fourth-order valence-corrected chi connectivity index (χ4v) is 2.59. The van der Waals surface area contributed by atoms with Crippen molar-refractivity contribution < 1.29 is 58.7 Å². The SMILES string of the molecule is CCC(O)COCC(OCC(COCC(O)COC)OCC(C)COCC(O)CO)OC(C)CO. The maximum atomic E-state index is 9.79. The van der Waals surface area contributed by atoms with E-state index < -0.39 is 36.8 Å². The summed E-state index contributed by atoms with van der Waals surface area (Å²) in [4.78, 5) is 0. The Kier molecular flexibility index (Phi) is 22.4. The molecule has 0 aromatic carbocycles. The quantitative estimate of drug-likeness (QED) is 0.0934. The lowest BCUT2D eigenvalue weighted by Crippen LogP contribution is -2.36. The Balaban J connectivity index is 4.79. The molecule has 0 radical (unpaired) electrons. The maximum absolute atomic E-state index is 9.79. The zero-order valence-electron chi connectivity index (χ0n) is 21.6. The van der Waals surface area contributed by atoms with Crippen LogP contribution in [-0.4, -0.2) is 142 Å². The molecular formula is C23H48O12. The van der Waals surface area contributed by atoms with E-state index in [2.05, 4.69) is 0 Å². The van der Waals surface area contributed by atoms with E-state index in [1.54, 1.807) is 6.92 Å². The summed E-state index contributed by atoms with van der Waals surface area (Å²) in [7, 11) is 1.49. The number of aliphatic hydroxyl groups excluding tert-OH is 5. The van der Waals surface area contributed by atoms with Crippen LogP contribution in [0.15, 0.2) is 0 Å². The van der Waals surface area contributed by atoms with E-state index in [0.29, 0.717) is 19.6 Å². The fourth-order valence-electron chi connectivity index (χ4n) is 2.59. The van der Waals surface area contributed by atoms with Crippen molar-refractivity contribution in [3.8, 4) is 0 Å². The standard InChI is InChI=1S/C23H48O12/c1-5-19(26)11-32-16-23(35-18(3)6-24)34-15-22(14-31-13-21(28)10-29-4)33-9-17(2)8-30-12-20(27)7-25/h17-28H,5-16H2,1-4H3. The van der Waals surface area contributed by atoms with Crippen LogP contribution in [0.1, 0.15) is 27.2 Å². The molecule has 0 aromatic heterocycles. The average Bonchev–Trinajstić information content (AvgIpc) is 2.84. The van der Waals surface area contributed by atoms with Crippen molar-refractivity contribution in [1.82, 2.24) is 0 Å². The maximum Gasteiger partial charge on any atom is 0.181 e. The van der Waals surface area contributed by atoms with Crippen molar-refractivity contribution in [2.75, 3.05) is 79.8 Å². The second kappa shape index (κ2) is 22.7. The number of hydrogen-bond acceptors (Lipinski definition) is 12. The number of methoxy groups -OCH3 is 1. The van der Waals surface area contributed by atoms with Gasteiger partial charge in [-0.1, -0.05) is 13.8 Å². The zero-order chi connectivity index (χ0) is 26.5. The molecule has 0 spiro atoms. The molecule has 7 unspecified atom stereocenters. The summed E-state index contributed by atoms with van der Waals surface area (Å²) >= 11 is 0. The number of rotatable bonds is 25. The van der Waals surface area contributed by atoms with Gasteiger partial charge in [-0.2, -0.15) is 0 Å². The molecule has 12 nitrogen and oxygen atoms in total.